The Balaban J connectivity index is 4.45. The molecular formula is C40H77NO5. The average Bonchev–Trinajstić information content (AvgIpc) is 3.03. The van der Waals surface area contributed by atoms with Gasteiger partial charge in [0.05, 0.1) is 13.2 Å². The van der Waals surface area contributed by atoms with Crippen molar-refractivity contribution in [2.75, 3.05) is 33.9 Å². The lowest BCUT2D eigenvalue weighted by Crippen LogP contribution is -2.23. The van der Waals surface area contributed by atoms with Crippen molar-refractivity contribution in [2.24, 2.45) is 0 Å². The minimum atomic E-state index is -0.606. The van der Waals surface area contributed by atoms with Gasteiger partial charge < -0.3 is 19.1 Å². The van der Waals surface area contributed by atoms with Crippen molar-refractivity contribution in [3.05, 3.63) is 11.6 Å². The Kier molecular flexibility index (Phi) is 33.6. The second-order valence-electron chi connectivity index (χ2n) is 13.7. The van der Waals surface area contributed by atoms with Gasteiger partial charge in [-0.1, -0.05) is 129 Å². The van der Waals surface area contributed by atoms with Crippen LogP contribution >= 0.6 is 0 Å². The molecule has 0 fully saturated rings. The molecule has 0 saturated carbocycles. The van der Waals surface area contributed by atoms with E-state index in [-0.39, 0.29) is 18.7 Å². The monoisotopic (exact) mass is 652 g/mol. The summed E-state index contributed by atoms with van der Waals surface area (Å²) in [7, 11) is 4.00. The van der Waals surface area contributed by atoms with Crippen LogP contribution in [0.4, 0.5) is 4.79 Å². The van der Waals surface area contributed by atoms with Gasteiger partial charge in [-0.15, -0.1) is 0 Å². The molecule has 0 amide bonds. The molecule has 0 N–H and O–H groups in total. The molecule has 0 aliphatic rings. The highest BCUT2D eigenvalue weighted by Gasteiger charge is 2.17. The first-order chi connectivity index (χ1) is 22.4. The summed E-state index contributed by atoms with van der Waals surface area (Å²) in [6, 6.07) is 0. The molecule has 0 aromatic heterocycles. The average molecular weight is 652 g/mol. The van der Waals surface area contributed by atoms with Crippen molar-refractivity contribution in [1.29, 1.82) is 0 Å². The summed E-state index contributed by atoms with van der Waals surface area (Å²) >= 11 is 0. The van der Waals surface area contributed by atoms with E-state index in [2.05, 4.69) is 31.7 Å². The number of nitrogens with zero attached hydrogens (tertiary/aromatic N) is 1. The quantitative estimate of drug-likeness (QED) is 0.0392. The topological polar surface area (TPSA) is 65.1 Å². The summed E-state index contributed by atoms with van der Waals surface area (Å²) in [5, 5.41) is 0. The molecule has 0 saturated heterocycles. The fraction of sp³-hybridized carbons (Fsp3) is 0.900. The minimum Gasteiger partial charge on any atom is -0.466 e. The van der Waals surface area contributed by atoms with Crippen LogP contribution in [0.25, 0.3) is 0 Å². The number of esters is 1. The van der Waals surface area contributed by atoms with Gasteiger partial charge in [0.15, 0.2) is 0 Å². The first-order valence-electron chi connectivity index (χ1n) is 19.7. The van der Waals surface area contributed by atoms with Crippen LogP contribution in [0.2, 0.25) is 0 Å². The van der Waals surface area contributed by atoms with Crippen LogP contribution in [0, 0.1) is 0 Å². The highest BCUT2D eigenvalue weighted by Crippen LogP contribution is 2.20. The molecule has 0 aliphatic heterocycles. The van der Waals surface area contributed by atoms with Gasteiger partial charge in [-0.3, -0.25) is 4.79 Å². The summed E-state index contributed by atoms with van der Waals surface area (Å²) in [6.07, 6.45) is 32.7. The Morgan fingerprint density at radius 1 is 0.565 bits per heavy atom. The maximum atomic E-state index is 12.4. The van der Waals surface area contributed by atoms with Gasteiger partial charge in [0, 0.05) is 19.4 Å². The fourth-order valence-electron chi connectivity index (χ4n) is 5.81. The molecule has 6 heteroatoms. The van der Waals surface area contributed by atoms with Crippen LogP contribution in [0.3, 0.4) is 0 Å². The standard InChI is InChI=1S/C40H77NO5/c1-6-9-12-15-16-17-18-19-20-25-31-38(46-40(43)45-35-27-34-41(4)5)33-36-44-39(42)32-26-21-24-30-37(28-22-13-10-7-2)29-23-14-11-8-3/h30,38H,6-29,31-36H2,1-5H3. The summed E-state index contributed by atoms with van der Waals surface area (Å²) in [4.78, 5) is 26.8. The van der Waals surface area contributed by atoms with E-state index in [1.54, 1.807) is 5.57 Å². The van der Waals surface area contributed by atoms with Crippen molar-refractivity contribution in [3.8, 4) is 0 Å². The molecule has 1 atom stereocenters. The number of carbonyl (C=O) groups excluding carboxylic acids is 2. The molecule has 0 aromatic rings. The molecule has 0 aromatic carbocycles. The number of allylic oxidation sites excluding steroid dienone is 2. The Hall–Kier alpha value is -1.56. The van der Waals surface area contributed by atoms with Crippen molar-refractivity contribution in [2.45, 2.75) is 200 Å². The van der Waals surface area contributed by atoms with Crippen molar-refractivity contribution in [3.63, 3.8) is 0 Å². The molecule has 0 heterocycles. The fourth-order valence-corrected chi connectivity index (χ4v) is 5.81. The van der Waals surface area contributed by atoms with Crippen LogP contribution in [-0.2, 0) is 19.0 Å². The lowest BCUT2D eigenvalue weighted by Gasteiger charge is -2.18. The normalized spacial score (nSPS) is 11.9. The maximum absolute atomic E-state index is 12.4. The largest absolute Gasteiger partial charge is 0.508 e. The minimum absolute atomic E-state index is 0.146. The zero-order chi connectivity index (χ0) is 33.9. The zero-order valence-electron chi connectivity index (χ0n) is 31.4. The Labute approximate surface area is 286 Å². The molecule has 0 spiro atoms. The highest BCUT2D eigenvalue weighted by molar-refractivity contribution is 5.69. The van der Waals surface area contributed by atoms with Gasteiger partial charge >= 0.3 is 12.1 Å². The second kappa shape index (κ2) is 34.8. The van der Waals surface area contributed by atoms with E-state index >= 15 is 0 Å². The molecule has 0 rings (SSSR count). The van der Waals surface area contributed by atoms with Crippen LogP contribution in [0.15, 0.2) is 11.6 Å². The summed E-state index contributed by atoms with van der Waals surface area (Å²) in [5.41, 5.74) is 1.62. The van der Waals surface area contributed by atoms with Gasteiger partial charge in [0.2, 0.25) is 0 Å². The number of rotatable bonds is 34. The predicted molar refractivity (Wildman–Crippen MR) is 195 cm³/mol. The van der Waals surface area contributed by atoms with Gasteiger partial charge in [-0.05, 0) is 78.3 Å². The van der Waals surface area contributed by atoms with Gasteiger partial charge in [0.1, 0.15) is 6.10 Å². The van der Waals surface area contributed by atoms with Crippen LogP contribution in [-0.4, -0.2) is 57.0 Å². The van der Waals surface area contributed by atoms with Crippen molar-refractivity contribution < 1.29 is 23.8 Å². The molecule has 272 valence electrons. The van der Waals surface area contributed by atoms with E-state index in [1.807, 2.05) is 14.1 Å². The second-order valence-corrected chi connectivity index (χ2v) is 13.7. The van der Waals surface area contributed by atoms with E-state index in [0.717, 1.165) is 51.5 Å². The SMILES string of the molecule is CCCCCCCCCCCCC(CCOC(=O)CCCCC=C(CCCCCC)CCCCCC)OC(=O)OCCCN(C)C. The van der Waals surface area contributed by atoms with Crippen molar-refractivity contribution in [1.82, 2.24) is 4.90 Å². The third-order valence-corrected chi connectivity index (χ3v) is 8.79. The molecule has 0 aliphatic carbocycles. The number of hydrogen-bond donors (Lipinski definition) is 0. The molecular weight excluding hydrogens is 574 g/mol. The first kappa shape index (κ1) is 44.4. The zero-order valence-corrected chi connectivity index (χ0v) is 31.4. The number of unbranched alkanes of at least 4 members (excludes halogenated alkanes) is 17. The van der Waals surface area contributed by atoms with Crippen molar-refractivity contribution >= 4 is 12.1 Å². The number of ether oxygens (including phenoxy) is 3. The molecule has 0 radical (unpaired) electrons. The lowest BCUT2D eigenvalue weighted by atomic mass is 9.98. The summed E-state index contributed by atoms with van der Waals surface area (Å²) in [6.45, 7) is 8.29. The van der Waals surface area contributed by atoms with E-state index in [4.69, 9.17) is 14.2 Å². The maximum Gasteiger partial charge on any atom is 0.508 e. The van der Waals surface area contributed by atoms with Gasteiger partial charge in [-0.2, -0.15) is 0 Å². The van der Waals surface area contributed by atoms with Crippen LogP contribution < -0.4 is 0 Å². The molecule has 46 heavy (non-hydrogen) atoms. The highest BCUT2D eigenvalue weighted by atomic mass is 16.7. The predicted octanol–water partition coefficient (Wildman–Crippen LogP) is 12.1. The summed E-state index contributed by atoms with van der Waals surface area (Å²) in [5.74, 6) is -0.146. The molecule has 0 bridgehead atoms. The third kappa shape index (κ3) is 32.4. The summed E-state index contributed by atoms with van der Waals surface area (Å²) < 4.78 is 16.5. The van der Waals surface area contributed by atoms with E-state index in [1.165, 1.54) is 116 Å². The lowest BCUT2D eigenvalue weighted by molar-refractivity contribution is -0.144. The van der Waals surface area contributed by atoms with Crippen LogP contribution in [0.1, 0.15) is 194 Å². The van der Waals surface area contributed by atoms with E-state index in [9.17, 15) is 9.59 Å². The molecule has 6 nitrogen and oxygen atoms in total. The Bertz CT molecular complexity index is 694. The van der Waals surface area contributed by atoms with E-state index in [0.29, 0.717) is 19.4 Å². The smallest absolute Gasteiger partial charge is 0.466 e. The third-order valence-electron chi connectivity index (χ3n) is 8.79. The van der Waals surface area contributed by atoms with E-state index < -0.39 is 6.16 Å². The first-order valence-corrected chi connectivity index (χ1v) is 19.7. The van der Waals surface area contributed by atoms with Crippen LogP contribution in [0.5, 0.6) is 0 Å². The Morgan fingerprint density at radius 3 is 1.65 bits per heavy atom. The number of carbonyl (C=O) groups is 2. The van der Waals surface area contributed by atoms with Gasteiger partial charge in [-0.25, -0.2) is 4.79 Å². The number of hydrogen-bond acceptors (Lipinski definition) is 6. The Morgan fingerprint density at radius 2 is 1.09 bits per heavy atom. The van der Waals surface area contributed by atoms with Gasteiger partial charge in [0.25, 0.3) is 0 Å². The molecule has 1 unspecified atom stereocenters.